The summed E-state index contributed by atoms with van der Waals surface area (Å²) in [6.45, 7) is 0. The highest BCUT2D eigenvalue weighted by Crippen LogP contribution is 2.32. The fraction of sp³-hybridized carbons (Fsp3) is 0.105. The van der Waals surface area contributed by atoms with Crippen LogP contribution in [0.25, 0.3) is 0 Å². The molecule has 0 spiro atoms. The first-order valence-electron chi connectivity index (χ1n) is 7.99. The molecular formula is C19H13F4N3OS. The van der Waals surface area contributed by atoms with Crippen LogP contribution in [0.4, 0.5) is 23.2 Å². The van der Waals surface area contributed by atoms with Crippen molar-refractivity contribution >= 4 is 23.4 Å². The van der Waals surface area contributed by atoms with E-state index < -0.39 is 23.5 Å². The number of thioether (sulfide) groups is 1. The highest BCUT2D eigenvalue weighted by Gasteiger charge is 2.31. The molecule has 4 nitrogen and oxygen atoms in total. The molecule has 0 saturated carbocycles. The molecule has 2 aromatic heterocycles. The number of hydrogen-bond donors (Lipinski definition) is 1. The summed E-state index contributed by atoms with van der Waals surface area (Å²) in [6.07, 6.45) is 0.0747. The first-order valence-corrected chi connectivity index (χ1v) is 8.97. The van der Waals surface area contributed by atoms with Crippen molar-refractivity contribution in [3.8, 4) is 0 Å². The van der Waals surface area contributed by atoms with E-state index in [-0.39, 0.29) is 11.3 Å². The number of pyridine rings is 2. The number of carbonyl (C=O) groups excluding carboxylic acids is 1. The van der Waals surface area contributed by atoms with Crippen molar-refractivity contribution in [3.05, 3.63) is 83.6 Å². The van der Waals surface area contributed by atoms with Gasteiger partial charge in [0.25, 0.3) is 5.91 Å². The summed E-state index contributed by atoms with van der Waals surface area (Å²) in [5, 5.41) is 2.71. The Morgan fingerprint density at radius 3 is 2.54 bits per heavy atom. The highest BCUT2D eigenvalue weighted by atomic mass is 32.2. The van der Waals surface area contributed by atoms with Gasteiger partial charge in [0.1, 0.15) is 10.8 Å². The third-order valence-electron chi connectivity index (χ3n) is 3.62. The molecule has 0 fully saturated rings. The number of aromatic nitrogens is 2. The molecule has 0 radical (unpaired) electrons. The number of amides is 1. The van der Waals surface area contributed by atoms with E-state index in [4.69, 9.17) is 0 Å². The Hall–Kier alpha value is -2.94. The lowest BCUT2D eigenvalue weighted by atomic mass is 10.1. The van der Waals surface area contributed by atoms with Crippen LogP contribution in [-0.4, -0.2) is 15.9 Å². The lowest BCUT2D eigenvalue weighted by Gasteiger charge is -2.12. The van der Waals surface area contributed by atoms with Gasteiger partial charge in [0.15, 0.2) is 0 Å². The molecule has 0 aliphatic rings. The van der Waals surface area contributed by atoms with Gasteiger partial charge >= 0.3 is 6.18 Å². The number of nitrogens with one attached hydrogen (secondary N) is 1. The second-order valence-corrected chi connectivity index (χ2v) is 6.64. The van der Waals surface area contributed by atoms with Crippen molar-refractivity contribution in [2.45, 2.75) is 17.0 Å². The van der Waals surface area contributed by atoms with E-state index in [2.05, 4.69) is 15.3 Å². The normalized spacial score (nSPS) is 11.3. The molecule has 0 atom stereocenters. The molecular weight excluding hydrogens is 394 g/mol. The summed E-state index contributed by atoms with van der Waals surface area (Å²) < 4.78 is 52.0. The van der Waals surface area contributed by atoms with Crippen LogP contribution in [0, 0.1) is 5.82 Å². The molecule has 1 amide bonds. The number of halogens is 4. The fourth-order valence-electron chi connectivity index (χ4n) is 2.33. The molecule has 28 heavy (non-hydrogen) atoms. The van der Waals surface area contributed by atoms with Crippen molar-refractivity contribution in [2.24, 2.45) is 0 Å². The highest BCUT2D eigenvalue weighted by molar-refractivity contribution is 7.98. The summed E-state index contributed by atoms with van der Waals surface area (Å²) >= 11 is 1.30. The minimum absolute atomic E-state index is 0.180. The standard InChI is InChI=1S/C19H13F4N3OS/c20-14-8-13(19(21,22)23)9-15(10-14)26-17(27)16-2-1-5-25-18(16)28-11-12-3-6-24-7-4-12/h1-10H,11H2,(H,26,27). The van der Waals surface area contributed by atoms with E-state index in [0.29, 0.717) is 22.9 Å². The monoisotopic (exact) mass is 407 g/mol. The molecule has 3 aromatic rings. The molecule has 9 heteroatoms. The molecule has 144 valence electrons. The average molecular weight is 407 g/mol. The maximum atomic E-state index is 13.5. The number of anilines is 1. The Bertz CT molecular complexity index is 980. The SMILES string of the molecule is O=C(Nc1cc(F)cc(C(F)(F)F)c1)c1cccnc1SCc1ccncc1. The Morgan fingerprint density at radius 1 is 1.07 bits per heavy atom. The van der Waals surface area contributed by atoms with Gasteiger partial charge in [-0.2, -0.15) is 13.2 Å². The van der Waals surface area contributed by atoms with Crippen LogP contribution in [0.3, 0.4) is 0 Å². The van der Waals surface area contributed by atoms with E-state index in [1.807, 2.05) is 12.1 Å². The summed E-state index contributed by atoms with van der Waals surface area (Å²) in [6, 6.07) is 8.56. The van der Waals surface area contributed by atoms with E-state index in [1.165, 1.54) is 30.1 Å². The molecule has 3 rings (SSSR count). The van der Waals surface area contributed by atoms with E-state index in [9.17, 15) is 22.4 Å². The van der Waals surface area contributed by atoms with Gasteiger partial charge in [-0.3, -0.25) is 9.78 Å². The van der Waals surface area contributed by atoms with Gasteiger partial charge < -0.3 is 5.32 Å². The minimum atomic E-state index is -4.72. The predicted octanol–water partition coefficient (Wildman–Crippen LogP) is 5.18. The maximum Gasteiger partial charge on any atom is 0.416 e. The molecule has 0 bridgehead atoms. The van der Waals surface area contributed by atoms with Gasteiger partial charge in [-0.1, -0.05) is 0 Å². The van der Waals surface area contributed by atoms with E-state index in [0.717, 1.165) is 11.6 Å². The van der Waals surface area contributed by atoms with Gasteiger partial charge in [-0.25, -0.2) is 9.37 Å². The van der Waals surface area contributed by atoms with Crippen LogP contribution in [0.5, 0.6) is 0 Å². The quantitative estimate of drug-likeness (QED) is 0.468. The van der Waals surface area contributed by atoms with Gasteiger partial charge in [0, 0.05) is 30.0 Å². The van der Waals surface area contributed by atoms with Crippen LogP contribution >= 0.6 is 11.8 Å². The zero-order chi connectivity index (χ0) is 20.1. The minimum Gasteiger partial charge on any atom is -0.322 e. The molecule has 2 heterocycles. The Morgan fingerprint density at radius 2 is 1.82 bits per heavy atom. The average Bonchev–Trinajstić information content (AvgIpc) is 2.66. The Kier molecular flexibility index (Phi) is 5.93. The van der Waals surface area contributed by atoms with Gasteiger partial charge in [0.2, 0.25) is 0 Å². The largest absolute Gasteiger partial charge is 0.416 e. The second-order valence-electron chi connectivity index (χ2n) is 5.68. The Balaban J connectivity index is 1.79. The first kappa shape index (κ1) is 19.8. The van der Waals surface area contributed by atoms with Gasteiger partial charge in [-0.15, -0.1) is 11.8 Å². The van der Waals surface area contributed by atoms with Crippen LogP contribution in [0.1, 0.15) is 21.5 Å². The Labute approximate surface area is 162 Å². The zero-order valence-electron chi connectivity index (χ0n) is 14.2. The summed E-state index contributed by atoms with van der Waals surface area (Å²) in [5.41, 5.74) is -0.316. The fourth-order valence-corrected chi connectivity index (χ4v) is 3.28. The van der Waals surface area contributed by atoms with Crippen LogP contribution in [-0.2, 0) is 11.9 Å². The molecule has 0 unspecified atom stereocenters. The first-order chi connectivity index (χ1) is 13.3. The topological polar surface area (TPSA) is 54.9 Å². The number of benzene rings is 1. The molecule has 0 aliphatic heterocycles. The molecule has 0 aliphatic carbocycles. The smallest absolute Gasteiger partial charge is 0.322 e. The van der Waals surface area contributed by atoms with Crippen molar-refractivity contribution in [1.82, 2.24) is 9.97 Å². The lowest BCUT2D eigenvalue weighted by Crippen LogP contribution is -2.15. The van der Waals surface area contributed by atoms with Crippen molar-refractivity contribution in [1.29, 1.82) is 0 Å². The molecule has 1 aromatic carbocycles. The van der Waals surface area contributed by atoms with Crippen molar-refractivity contribution in [3.63, 3.8) is 0 Å². The molecule has 1 N–H and O–H groups in total. The zero-order valence-corrected chi connectivity index (χ0v) is 15.0. The van der Waals surface area contributed by atoms with Crippen LogP contribution < -0.4 is 5.32 Å². The van der Waals surface area contributed by atoms with E-state index >= 15 is 0 Å². The maximum absolute atomic E-state index is 13.5. The lowest BCUT2D eigenvalue weighted by molar-refractivity contribution is -0.137. The number of nitrogens with zero attached hydrogens (tertiary/aromatic N) is 2. The van der Waals surface area contributed by atoms with E-state index in [1.54, 1.807) is 12.4 Å². The van der Waals surface area contributed by atoms with Crippen LogP contribution in [0.2, 0.25) is 0 Å². The summed E-state index contributed by atoms with van der Waals surface area (Å²) in [5.74, 6) is -1.24. The number of carbonyl (C=O) groups is 1. The third kappa shape index (κ3) is 5.07. The van der Waals surface area contributed by atoms with Crippen molar-refractivity contribution in [2.75, 3.05) is 5.32 Å². The number of alkyl halides is 3. The summed E-state index contributed by atoms with van der Waals surface area (Å²) in [7, 11) is 0. The second kappa shape index (κ2) is 8.39. The number of hydrogen-bond acceptors (Lipinski definition) is 4. The van der Waals surface area contributed by atoms with Crippen LogP contribution in [0.15, 0.2) is 66.1 Å². The predicted molar refractivity (Wildman–Crippen MR) is 97.4 cm³/mol. The summed E-state index contributed by atoms with van der Waals surface area (Å²) in [4.78, 5) is 20.6. The molecule has 0 saturated heterocycles. The number of rotatable bonds is 5. The van der Waals surface area contributed by atoms with Crippen molar-refractivity contribution < 1.29 is 22.4 Å². The third-order valence-corrected chi connectivity index (χ3v) is 4.70. The van der Waals surface area contributed by atoms with Gasteiger partial charge in [0.05, 0.1) is 11.1 Å². The van der Waals surface area contributed by atoms with Gasteiger partial charge in [-0.05, 0) is 48.0 Å².